The molecular formula is C17H16ClNO4. The molecule has 0 saturated heterocycles. The summed E-state index contributed by atoms with van der Waals surface area (Å²) in [4.78, 5) is 12.2. The maximum Gasteiger partial charge on any atom is 0.251 e. The van der Waals surface area contributed by atoms with Crippen LogP contribution in [0.2, 0.25) is 5.02 Å². The molecule has 0 aliphatic carbocycles. The summed E-state index contributed by atoms with van der Waals surface area (Å²) in [7, 11) is 1.53. The van der Waals surface area contributed by atoms with Crippen molar-refractivity contribution in [1.82, 2.24) is 5.32 Å². The van der Waals surface area contributed by atoms with Gasteiger partial charge in [-0.25, -0.2) is 0 Å². The predicted molar refractivity (Wildman–Crippen MR) is 86.7 cm³/mol. The van der Waals surface area contributed by atoms with E-state index in [0.29, 0.717) is 35.2 Å². The fourth-order valence-corrected chi connectivity index (χ4v) is 2.54. The molecular weight excluding hydrogens is 318 g/mol. The standard InChI is InChI=1S/C17H16ClNO4/c1-21-14-7-6-11(8-13(14)18)17(20)19-9-12-10-22-15-4-2-3-5-16(15)23-12/h2-8,12H,9-10H2,1H3,(H,19,20). The fourth-order valence-electron chi connectivity index (χ4n) is 2.28. The molecule has 1 amide bonds. The molecule has 120 valence electrons. The maximum absolute atomic E-state index is 12.2. The summed E-state index contributed by atoms with van der Waals surface area (Å²) in [6.45, 7) is 0.734. The normalized spacial score (nSPS) is 15.8. The van der Waals surface area contributed by atoms with E-state index in [1.807, 2.05) is 24.3 Å². The van der Waals surface area contributed by atoms with Gasteiger partial charge in [0, 0.05) is 5.56 Å². The van der Waals surface area contributed by atoms with E-state index in [1.54, 1.807) is 18.2 Å². The Bertz CT molecular complexity index is 719. The molecule has 1 unspecified atom stereocenters. The monoisotopic (exact) mass is 333 g/mol. The van der Waals surface area contributed by atoms with Crippen LogP contribution in [0.25, 0.3) is 0 Å². The lowest BCUT2D eigenvalue weighted by atomic mass is 10.2. The van der Waals surface area contributed by atoms with E-state index in [0.717, 1.165) is 5.75 Å². The van der Waals surface area contributed by atoms with Crippen molar-refractivity contribution in [3.63, 3.8) is 0 Å². The van der Waals surface area contributed by atoms with Crippen LogP contribution < -0.4 is 19.5 Å². The minimum atomic E-state index is -0.234. The van der Waals surface area contributed by atoms with Crippen LogP contribution >= 0.6 is 11.6 Å². The molecule has 0 aromatic heterocycles. The van der Waals surface area contributed by atoms with E-state index < -0.39 is 0 Å². The molecule has 0 radical (unpaired) electrons. The van der Waals surface area contributed by atoms with Gasteiger partial charge in [0.25, 0.3) is 5.91 Å². The van der Waals surface area contributed by atoms with Crippen LogP contribution in [0.15, 0.2) is 42.5 Å². The molecule has 0 saturated carbocycles. The zero-order valence-corrected chi connectivity index (χ0v) is 13.3. The lowest BCUT2D eigenvalue weighted by Crippen LogP contribution is -2.40. The third-order valence-electron chi connectivity index (χ3n) is 3.47. The van der Waals surface area contributed by atoms with E-state index in [1.165, 1.54) is 7.11 Å². The van der Waals surface area contributed by atoms with Crippen LogP contribution in [0.3, 0.4) is 0 Å². The molecule has 1 aliphatic rings. The minimum absolute atomic E-state index is 0.225. The second-order valence-electron chi connectivity index (χ2n) is 5.06. The average Bonchev–Trinajstić information content (AvgIpc) is 2.59. The number of fused-ring (bicyclic) bond motifs is 1. The first kappa shape index (κ1) is 15.5. The van der Waals surface area contributed by atoms with Crippen molar-refractivity contribution in [1.29, 1.82) is 0 Å². The summed E-state index contributed by atoms with van der Waals surface area (Å²) < 4.78 is 16.5. The third-order valence-corrected chi connectivity index (χ3v) is 3.77. The van der Waals surface area contributed by atoms with Crippen LogP contribution in [-0.2, 0) is 0 Å². The molecule has 1 heterocycles. The Morgan fingerprint density at radius 2 is 2.09 bits per heavy atom. The molecule has 0 fully saturated rings. The molecule has 1 aliphatic heterocycles. The van der Waals surface area contributed by atoms with Gasteiger partial charge in [0.1, 0.15) is 18.5 Å². The number of benzene rings is 2. The Labute approximate surface area is 139 Å². The first-order valence-corrected chi connectivity index (χ1v) is 7.55. The van der Waals surface area contributed by atoms with Crippen molar-refractivity contribution in [3.05, 3.63) is 53.1 Å². The largest absolute Gasteiger partial charge is 0.495 e. The van der Waals surface area contributed by atoms with Gasteiger partial charge in [0.05, 0.1) is 18.7 Å². The summed E-state index contributed by atoms with van der Waals surface area (Å²) in [6.07, 6.45) is -0.234. The number of rotatable bonds is 4. The SMILES string of the molecule is COc1ccc(C(=O)NCC2COc3ccccc3O2)cc1Cl. The number of amides is 1. The van der Waals surface area contributed by atoms with Crippen molar-refractivity contribution < 1.29 is 19.0 Å². The molecule has 0 bridgehead atoms. The van der Waals surface area contributed by atoms with Crippen LogP contribution in [0.5, 0.6) is 17.2 Å². The van der Waals surface area contributed by atoms with Gasteiger partial charge in [0.15, 0.2) is 11.5 Å². The van der Waals surface area contributed by atoms with Gasteiger partial charge in [0.2, 0.25) is 0 Å². The Hall–Kier alpha value is -2.40. The number of carbonyl (C=O) groups excluding carboxylic acids is 1. The predicted octanol–water partition coefficient (Wildman–Crippen LogP) is 2.92. The van der Waals surface area contributed by atoms with Crippen molar-refractivity contribution >= 4 is 17.5 Å². The topological polar surface area (TPSA) is 56.8 Å². The van der Waals surface area contributed by atoms with E-state index >= 15 is 0 Å². The van der Waals surface area contributed by atoms with E-state index in [2.05, 4.69) is 5.32 Å². The summed E-state index contributed by atoms with van der Waals surface area (Å²) in [5.74, 6) is 1.71. The van der Waals surface area contributed by atoms with Gasteiger partial charge >= 0.3 is 0 Å². The number of hydrogen-bond acceptors (Lipinski definition) is 4. The highest BCUT2D eigenvalue weighted by Gasteiger charge is 2.21. The van der Waals surface area contributed by atoms with Gasteiger partial charge in [-0.05, 0) is 30.3 Å². The number of methoxy groups -OCH3 is 1. The zero-order valence-electron chi connectivity index (χ0n) is 12.5. The molecule has 5 nitrogen and oxygen atoms in total. The summed E-state index contributed by atoms with van der Waals surface area (Å²) in [5, 5.41) is 3.22. The highest BCUT2D eigenvalue weighted by molar-refractivity contribution is 6.32. The van der Waals surface area contributed by atoms with Gasteiger partial charge in [-0.2, -0.15) is 0 Å². The Morgan fingerprint density at radius 3 is 2.83 bits per heavy atom. The molecule has 2 aromatic carbocycles. The highest BCUT2D eigenvalue weighted by atomic mass is 35.5. The summed E-state index contributed by atoms with van der Waals surface area (Å²) in [5.41, 5.74) is 0.466. The zero-order chi connectivity index (χ0) is 16.2. The first-order chi connectivity index (χ1) is 11.2. The maximum atomic E-state index is 12.2. The Balaban J connectivity index is 1.58. The Kier molecular flexibility index (Phi) is 4.57. The van der Waals surface area contributed by atoms with Crippen molar-refractivity contribution in [2.24, 2.45) is 0 Å². The van der Waals surface area contributed by atoms with Crippen molar-refractivity contribution in [2.75, 3.05) is 20.3 Å². The number of ether oxygens (including phenoxy) is 3. The molecule has 23 heavy (non-hydrogen) atoms. The molecule has 3 rings (SSSR count). The first-order valence-electron chi connectivity index (χ1n) is 7.17. The number of para-hydroxylation sites is 2. The van der Waals surface area contributed by atoms with Gasteiger partial charge < -0.3 is 19.5 Å². The van der Waals surface area contributed by atoms with Crippen molar-refractivity contribution in [3.8, 4) is 17.2 Å². The average molecular weight is 334 g/mol. The number of nitrogens with one attached hydrogen (secondary N) is 1. The molecule has 2 aromatic rings. The van der Waals surface area contributed by atoms with Gasteiger partial charge in [-0.1, -0.05) is 23.7 Å². The molecule has 0 spiro atoms. The smallest absolute Gasteiger partial charge is 0.251 e. The van der Waals surface area contributed by atoms with E-state index in [9.17, 15) is 4.79 Å². The number of hydrogen-bond donors (Lipinski definition) is 1. The highest BCUT2D eigenvalue weighted by Crippen LogP contribution is 2.30. The quantitative estimate of drug-likeness (QED) is 0.934. The summed E-state index contributed by atoms with van der Waals surface area (Å²) >= 11 is 6.03. The van der Waals surface area contributed by atoms with E-state index in [-0.39, 0.29) is 12.0 Å². The van der Waals surface area contributed by atoms with Gasteiger partial charge in [-0.3, -0.25) is 4.79 Å². The minimum Gasteiger partial charge on any atom is -0.495 e. The summed E-state index contributed by atoms with van der Waals surface area (Å²) in [6, 6.07) is 12.3. The fraction of sp³-hybridized carbons (Fsp3) is 0.235. The second-order valence-corrected chi connectivity index (χ2v) is 5.46. The van der Waals surface area contributed by atoms with Crippen LogP contribution in [0.4, 0.5) is 0 Å². The lowest BCUT2D eigenvalue weighted by Gasteiger charge is -2.26. The molecule has 1 atom stereocenters. The number of carbonyl (C=O) groups is 1. The van der Waals surface area contributed by atoms with E-state index in [4.69, 9.17) is 25.8 Å². The molecule has 1 N–H and O–H groups in total. The van der Waals surface area contributed by atoms with Gasteiger partial charge in [-0.15, -0.1) is 0 Å². The van der Waals surface area contributed by atoms with Crippen molar-refractivity contribution in [2.45, 2.75) is 6.10 Å². The Morgan fingerprint density at radius 1 is 1.30 bits per heavy atom. The van der Waals surface area contributed by atoms with Crippen LogP contribution in [0.1, 0.15) is 10.4 Å². The van der Waals surface area contributed by atoms with Crippen LogP contribution in [0, 0.1) is 0 Å². The third kappa shape index (κ3) is 3.51. The van der Waals surface area contributed by atoms with Crippen LogP contribution in [-0.4, -0.2) is 32.3 Å². The lowest BCUT2D eigenvalue weighted by molar-refractivity contribution is 0.0789. The molecule has 6 heteroatoms. The second kappa shape index (κ2) is 6.79. The number of halogens is 1.